The molecule has 6 nitrogen and oxygen atoms in total. The summed E-state index contributed by atoms with van der Waals surface area (Å²) in [7, 11) is 3.89. The van der Waals surface area contributed by atoms with Gasteiger partial charge in [-0.1, -0.05) is 18.2 Å². The number of hydrogen-bond acceptors (Lipinski definition) is 5. The van der Waals surface area contributed by atoms with Crippen molar-refractivity contribution in [3.63, 3.8) is 0 Å². The van der Waals surface area contributed by atoms with Crippen LogP contribution < -0.4 is 10.2 Å². The third-order valence-electron chi connectivity index (χ3n) is 9.46. The molecule has 7 heteroatoms. The van der Waals surface area contributed by atoms with E-state index in [2.05, 4.69) is 29.4 Å². The topological polar surface area (TPSA) is 76.4 Å². The number of likely N-dealkylation sites (N-methyl/N-ethyl adjacent to an activating group) is 2. The number of Topliss-reactive ketones (excluding diaryl/α,β-unsaturated/α-hetero) is 1. The smallest absolute Gasteiger partial charge is 0.238 e. The molecule has 3 heterocycles. The predicted octanol–water partition coefficient (Wildman–Crippen LogP) is 4.21. The van der Waals surface area contributed by atoms with Crippen molar-refractivity contribution in [3.05, 3.63) is 53.3 Å². The standard InChI is InChI=1S/C31H35FN4O2/c1-35-11-3-10-31(18-35)25-15-20(7-9-27(25)36(2)30(31)38)21-4-5-22(26(32)16-21)12-19(17-33)13-28(37)29-23-6-8-24(14-23)34-29/h4-5,7,9,15-16,19,23-24,29,34H,3,6,8,10-14,18H2,1-2H3/t19-,23+,24-,29+,31?/m1/s1. The summed E-state index contributed by atoms with van der Waals surface area (Å²) < 4.78 is 15.3. The molecule has 2 bridgehead atoms. The summed E-state index contributed by atoms with van der Waals surface area (Å²) in [6.07, 6.45) is 5.40. The Bertz CT molecular complexity index is 1340. The van der Waals surface area contributed by atoms with Crippen molar-refractivity contribution in [1.82, 2.24) is 10.2 Å². The lowest BCUT2D eigenvalue weighted by Gasteiger charge is -2.37. The van der Waals surface area contributed by atoms with Gasteiger partial charge in [-0.2, -0.15) is 5.26 Å². The highest BCUT2D eigenvalue weighted by atomic mass is 19.1. The first kappa shape index (κ1) is 25.2. The molecule has 1 amide bonds. The maximum absolute atomic E-state index is 15.3. The van der Waals surface area contributed by atoms with Gasteiger partial charge in [-0.15, -0.1) is 0 Å². The predicted molar refractivity (Wildman–Crippen MR) is 144 cm³/mol. The number of amides is 1. The number of carbonyl (C=O) groups is 2. The van der Waals surface area contributed by atoms with Crippen LogP contribution in [0.4, 0.5) is 10.1 Å². The minimum Gasteiger partial charge on any atom is -0.314 e. The van der Waals surface area contributed by atoms with Gasteiger partial charge in [0.2, 0.25) is 5.91 Å². The van der Waals surface area contributed by atoms with E-state index in [0.29, 0.717) is 24.1 Å². The average Bonchev–Trinajstić information content (AvgIpc) is 3.60. The molecule has 2 saturated heterocycles. The Morgan fingerprint density at radius 1 is 1.21 bits per heavy atom. The van der Waals surface area contributed by atoms with E-state index in [1.165, 1.54) is 6.07 Å². The van der Waals surface area contributed by atoms with Gasteiger partial charge in [-0.25, -0.2) is 4.39 Å². The molecule has 1 saturated carbocycles. The van der Waals surface area contributed by atoms with Gasteiger partial charge in [0.05, 0.1) is 23.4 Å². The van der Waals surface area contributed by atoms with Gasteiger partial charge in [-0.3, -0.25) is 9.59 Å². The van der Waals surface area contributed by atoms with Gasteiger partial charge in [0.25, 0.3) is 0 Å². The molecule has 5 atom stereocenters. The number of nitrogens with one attached hydrogen (secondary N) is 1. The molecule has 2 aromatic rings. The lowest BCUT2D eigenvalue weighted by atomic mass is 9.74. The second kappa shape index (κ2) is 9.59. The Morgan fingerprint density at radius 2 is 2.00 bits per heavy atom. The third kappa shape index (κ3) is 4.15. The lowest BCUT2D eigenvalue weighted by Crippen LogP contribution is -2.50. The fourth-order valence-electron chi connectivity index (χ4n) is 7.51. The molecule has 1 spiro atoms. The van der Waals surface area contributed by atoms with Crippen molar-refractivity contribution in [3.8, 4) is 17.2 Å². The Kier molecular flexibility index (Phi) is 6.36. The van der Waals surface area contributed by atoms with E-state index in [9.17, 15) is 14.9 Å². The summed E-state index contributed by atoms with van der Waals surface area (Å²) in [5.74, 6) is -0.308. The van der Waals surface area contributed by atoms with Gasteiger partial charge in [0, 0.05) is 31.7 Å². The summed E-state index contributed by atoms with van der Waals surface area (Å²) in [5.41, 5.74) is 3.47. The second-order valence-corrected chi connectivity index (χ2v) is 11.9. The molecule has 3 fully saturated rings. The molecule has 1 aliphatic carbocycles. The molecule has 0 aromatic heterocycles. The monoisotopic (exact) mass is 514 g/mol. The van der Waals surface area contributed by atoms with E-state index in [0.717, 1.165) is 61.0 Å². The number of ketones is 1. The van der Waals surface area contributed by atoms with Crippen molar-refractivity contribution >= 4 is 17.4 Å². The van der Waals surface area contributed by atoms with Crippen LogP contribution in [-0.4, -0.2) is 55.9 Å². The van der Waals surface area contributed by atoms with Crippen molar-refractivity contribution in [1.29, 1.82) is 5.26 Å². The Morgan fingerprint density at radius 3 is 2.68 bits per heavy atom. The number of likely N-dealkylation sites (tertiary alicyclic amines) is 1. The first-order valence-electron chi connectivity index (χ1n) is 13.9. The van der Waals surface area contributed by atoms with E-state index in [-0.39, 0.29) is 36.4 Å². The van der Waals surface area contributed by atoms with E-state index in [1.54, 1.807) is 11.0 Å². The van der Waals surface area contributed by atoms with Crippen LogP contribution in [-0.2, 0) is 21.4 Å². The molecule has 2 aromatic carbocycles. The molecule has 1 N–H and O–H groups in total. The Labute approximate surface area is 223 Å². The van der Waals surface area contributed by atoms with Gasteiger partial charge >= 0.3 is 0 Å². The van der Waals surface area contributed by atoms with Crippen molar-refractivity contribution < 1.29 is 14.0 Å². The molecule has 0 radical (unpaired) electrons. The fraction of sp³-hybridized carbons (Fsp3) is 0.516. The van der Waals surface area contributed by atoms with Crippen LogP contribution in [0.1, 0.15) is 49.7 Å². The number of carbonyl (C=O) groups excluding carboxylic acids is 2. The van der Waals surface area contributed by atoms with E-state index in [1.807, 2.05) is 25.2 Å². The number of halogens is 1. The van der Waals surface area contributed by atoms with Gasteiger partial charge in [-0.05, 0) is 98.5 Å². The van der Waals surface area contributed by atoms with E-state index in [4.69, 9.17) is 0 Å². The van der Waals surface area contributed by atoms with Gasteiger partial charge in [0.1, 0.15) is 5.82 Å². The molecule has 3 aliphatic heterocycles. The van der Waals surface area contributed by atoms with Gasteiger partial charge in [0.15, 0.2) is 5.78 Å². The quantitative estimate of drug-likeness (QED) is 0.625. The van der Waals surface area contributed by atoms with Crippen LogP contribution in [0.3, 0.4) is 0 Å². The van der Waals surface area contributed by atoms with Crippen LogP contribution in [0.5, 0.6) is 0 Å². The Balaban J connectivity index is 1.21. The normalized spacial score (nSPS) is 29.1. The molecular weight excluding hydrogens is 479 g/mol. The molecule has 6 rings (SSSR count). The number of benzene rings is 2. The zero-order chi connectivity index (χ0) is 26.6. The molecule has 4 aliphatic rings. The summed E-state index contributed by atoms with van der Waals surface area (Å²) in [6, 6.07) is 13.7. The van der Waals surface area contributed by atoms with Crippen LogP contribution in [0.25, 0.3) is 11.1 Å². The largest absolute Gasteiger partial charge is 0.314 e. The summed E-state index contributed by atoms with van der Waals surface area (Å²) in [4.78, 5) is 30.2. The van der Waals surface area contributed by atoms with Crippen LogP contribution in [0.2, 0.25) is 0 Å². The number of nitriles is 1. The lowest BCUT2D eigenvalue weighted by molar-refractivity contribution is -0.124. The van der Waals surface area contributed by atoms with Crippen molar-refractivity contribution in [2.24, 2.45) is 11.8 Å². The van der Waals surface area contributed by atoms with Crippen LogP contribution in [0.15, 0.2) is 36.4 Å². The molecular formula is C31H35FN4O2. The first-order chi connectivity index (χ1) is 18.3. The first-order valence-corrected chi connectivity index (χ1v) is 13.9. The van der Waals surface area contributed by atoms with Crippen LogP contribution in [0, 0.1) is 29.0 Å². The number of anilines is 1. The zero-order valence-electron chi connectivity index (χ0n) is 22.2. The maximum atomic E-state index is 15.3. The summed E-state index contributed by atoms with van der Waals surface area (Å²) in [6.45, 7) is 1.67. The maximum Gasteiger partial charge on any atom is 0.238 e. The highest BCUT2D eigenvalue weighted by Crippen LogP contribution is 2.47. The number of rotatable bonds is 6. The fourth-order valence-corrected chi connectivity index (χ4v) is 7.51. The Hall–Kier alpha value is -3.08. The number of nitrogens with zero attached hydrogens (tertiary/aromatic N) is 3. The second-order valence-electron chi connectivity index (χ2n) is 11.9. The highest BCUT2D eigenvalue weighted by molar-refractivity contribution is 6.08. The average molecular weight is 515 g/mol. The van der Waals surface area contributed by atoms with Crippen LogP contribution >= 0.6 is 0 Å². The molecule has 1 unspecified atom stereocenters. The van der Waals surface area contributed by atoms with Crippen molar-refractivity contribution in [2.75, 3.05) is 32.1 Å². The SMILES string of the molecule is CN1CCCC2(C1)C(=O)N(C)c1ccc(-c3ccc(C[C@@H](C#N)CC(=O)[C@H]4N[C@@H]5CC[C@H]4C5)c(F)c3)cc12. The van der Waals surface area contributed by atoms with E-state index >= 15 is 4.39 Å². The van der Waals surface area contributed by atoms with Gasteiger partial charge < -0.3 is 15.1 Å². The minimum absolute atomic E-state index is 0.0840. The summed E-state index contributed by atoms with van der Waals surface area (Å²) >= 11 is 0. The van der Waals surface area contributed by atoms with E-state index < -0.39 is 11.3 Å². The summed E-state index contributed by atoms with van der Waals surface area (Å²) in [5, 5.41) is 13.1. The number of piperidine rings is 2. The molecule has 38 heavy (non-hydrogen) atoms. The van der Waals surface area contributed by atoms with Crippen molar-refractivity contribution in [2.45, 2.75) is 62.4 Å². The number of hydrogen-bond donors (Lipinski definition) is 1. The highest BCUT2D eigenvalue weighted by Gasteiger charge is 2.51. The minimum atomic E-state index is -0.550. The third-order valence-corrected chi connectivity index (χ3v) is 9.46. The zero-order valence-corrected chi connectivity index (χ0v) is 22.2. The number of fused-ring (bicyclic) bond motifs is 4. The molecule has 198 valence electrons.